The van der Waals surface area contributed by atoms with Crippen LogP contribution in [-0.4, -0.2) is 33.3 Å². The molecule has 2 fully saturated rings. The van der Waals surface area contributed by atoms with E-state index in [0.29, 0.717) is 12.1 Å². The lowest BCUT2D eigenvalue weighted by Crippen LogP contribution is -2.45. The Morgan fingerprint density at radius 3 is 2.31 bits per heavy atom. The second-order valence-electron chi connectivity index (χ2n) is 4.62. The summed E-state index contributed by atoms with van der Waals surface area (Å²) in [5, 5.41) is 9.73. The Bertz CT molecular complexity index is 369. The van der Waals surface area contributed by atoms with Gasteiger partial charge in [0.2, 0.25) is 5.95 Å². The molecular formula is C11H14IN3O. The zero-order valence-corrected chi connectivity index (χ0v) is 11.0. The third kappa shape index (κ3) is 1.79. The minimum absolute atomic E-state index is 0.127. The molecule has 2 bridgehead atoms. The van der Waals surface area contributed by atoms with Crippen LogP contribution in [0.5, 0.6) is 0 Å². The maximum absolute atomic E-state index is 9.73. The fourth-order valence-corrected chi connectivity index (χ4v) is 3.19. The van der Waals surface area contributed by atoms with Crippen molar-refractivity contribution >= 4 is 28.5 Å². The number of aliphatic hydroxyl groups is 1. The first kappa shape index (κ1) is 10.7. The van der Waals surface area contributed by atoms with Gasteiger partial charge in [0.25, 0.3) is 0 Å². The molecule has 2 saturated heterocycles. The van der Waals surface area contributed by atoms with Gasteiger partial charge in [-0.3, -0.25) is 0 Å². The number of hydrogen-bond donors (Lipinski definition) is 1. The van der Waals surface area contributed by atoms with Crippen molar-refractivity contribution in [2.75, 3.05) is 4.90 Å². The Hall–Kier alpha value is -0.430. The summed E-state index contributed by atoms with van der Waals surface area (Å²) in [5.41, 5.74) is 0. The molecule has 0 saturated carbocycles. The van der Waals surface area contributed by atoms with Crippen LogP contribution >= 0.6 is 22.6 Å². The molecule has 5 heteroatoms. The summed E-state index contributed by atoms with van der Waals surface area (Å²) >= 11 is 2.21. The predicted octanol–water partition coefficient (Wildman–Crippen LogP) is 1.57. The molecule has 1 N–H and O–H groups in total. The molecular weight excluding hydrogens is 317 g/mol. The highest BCUT2D eigenvalue weighted by atomic mass is 127. The van der Waals surface area contributed by atoms with E-state index in [1.54, 1.807) is 0 Å². The lowest BCUT2D eigenvalue weighted by atomic mass is 10.0. The molecule has 2 atom stereocenters. The molecule has 0 amide bonds. The Morgan fingerprint density at radius 1 is 1.19 bits per heavy atom. The van der Waals surface area contributed by atoms with Gasteiger partial charge in [-0.05, 0) is 48.3 Å². The zero-order chi connectivity index (χ0) is 11.1. The fourth-order valence-electron chi connectivity index (χ4n) is 2.91. The Kier molecular flexibility index (Phi) is 2.75. The average Bonchev–Trinajstić information content (AvgIpc) is 2.54. The smallest absolute Gasteiger partial charge is 0.225 e. The summed E-state index contributed by atoms with van der Waals surface area (Å²) in [6.45, 7) is 0. The van der Waals surface area contributed by atoms with Crippen LogP contribution in [0.25, 0.3) is 0 Å². The summed E-state index contributed by atoms with van der Waals surface area (Å²) in [4.78, 5) is 11.1. The predicted molar refractivity (Wildman–Crippen MR) is 69.3 cm³/mol. The van der Waals surface area contributed by atoms with E-state index >= 15 is 0 Å². The SMILES string of the molecule is OC1CC2CCC(C1)N2c1ncc(I)cn1. The lowest BCUT2D eigenvalue weighted by molar-refractivity contribution is 0.125. The third-order valence-corrected chi connectivity index (χ3v) is 4.10. The number of fused-ring (bicyclic) bond motifs is 2. The topological polar surface area (TPSA) is 49.2 Å². The lowest BCUT2D eigenvalue weighted by Gasteiger charge is -2.37. The van der Waals surface area contributed by atoms with E-state index in [1.807, 2.05) is 12.4 Å². The van der Waals surface area contributed by atoms with Crippen LogP contribution in [0.2, 0.25) is 0 Å². The van der Waals surface area contributed by atoms with Gasteiger partial charge < -0.3 is 10.0 Å². The van der Waals surface area contributed by atoms with Gasteiger partial charge in [-0.2, -0.15) is 0 Å². The van der Waals surface area contributed by atoms with E-state index in [9.17, 15) is 5.11 Å². The molecule has 2 aliphatic rings. The molecule has 2 aliphatic heterocycles. The second-order valence-corrected chi connectivity index (χ2v) is 5.86. The highest BCUT2D eigenvalue weighted by Crippen LogP contribution is 2.37. The van der Waals surface area contributed by atoms with Gasteiger partial charge in [0, 0.05) is 28.0 Å². The minimum Gasteiger partial charge on any atom is -0.393 e. The number of anilines is 1. The van der Waals surface area contributed by atoms with Crippen LogP contribution in [-0.2, 0) is 0 Å². The van der Waals surface area contributed by atoms with Gasteiger partial charge in [0.05, 0.1) is 6.10 Å². The van der Waals surface area contributed by atoms with Crippen LogP contribution in [0.1, 0.15) is 25.7 Å². The molecule has 0 aliphatic carbocycles. The quantitative estimate of drug-likeness (QED) is 0.794. The van der Waals surface area contributed by atoms with Crippen molar-refractivity contribution in [2.45, 2.75) is 43.9 Å². The monoisotopic (exact) mass is 331 g/mol. The van der Waals surface area contributed by atoms with Crippen LogP contribution in [0, 0.1) is 3.57 Å². The Labute approximate surface area is 108 Å². The molecule has 1 aromatic rings. The zero-order valence-electron chi connectivity index (χ0n) is 8.88. The first-order chi connectivity index (χ1) is 7.74. The highest BCUT2D eigenvalue weighted by Gasteiger charge is 2.41. The molecule has 3 heterocycles. The van der Waals surface area contributed by atoms with Crippen LogP contribution in [0.4, 0.5) is 5.95 Å². The molecule has 16 heavy (non-hydrogen) atoms. The van der Waals surface area contributed by atoms with Crippen LogP contribution in [0.15, 0.2) is 12.4 Å². The average molecular weight is 331 g/mol. The third-order valence-electron chi connectivity index (χ3n) is 3.55. The van der Waals surface area contributed by atoms with Crippen LogP contribution < -0.4 is 4.90 Å². The van der Waals surface area contributed by atoms with Gasteiger partial charge in [-0.1, -0.05) is 0 Å². The number of nitrogens with zero attached hydrogens (tertiary/aromatic N) is 3. The van der Waals surface area contributed by atoms with Gasteiger partial charge in [-0.15, -0.1) is 0 Å². The van der Waals surface area contributed by atoms with E-state index < -0.39 is 0 Å². The van der Waals surface area contributed by atoms with E-state index in [-0.39, 0.29) is 6.10 Å². The van der Waals surface area contributed by atoms with E-state index in [2.05, 4.69) is 37.5 Å². The molecule has 1 aromatic heterocycles. The normalized spacial score (nSPS) is 33.1. The van der Waals surface area contributed by atoms with Crippen molar-refractivity contribution in [3.05, 3.63) is 16.0 Å². The van der Waals surface area contributed by atoms with Gasteiger partial charge in [0.1, 0.15) is 0 Å². The van der Waals surface area contributed by atoms with E-state index in [0.717, 1.165) is 35.2 Å². The molecule has 2 unspecified atom stereocenters. The van der Waals surface area contributed by atoms with Crippen molar-refractivity contribution in [1.82, 2.24) is 9.97 Å². The number of aromatic nitrogens is 2. The summed E-state index contributed by atoms with van der Waals surface area (Å²) in [5.74, 6) is 0.833. The fraction of sp³-hybridized carbons (Fsp3) is 0.636. The summed E-state index contributed by atoms with van der Waals surface area (Å²) in [7, 11) is 0. The molecule has 0 spiro atoms. The molecule has 0 radical (unpaired) electrons. The van der Waals surface area contributed by atoms with Crippen LogP contribution in [0.3, 0.4) is 0 Å². The van der Waals surface area contributed by atoms with Gasteiger partial charge in [-0.25, -0.2) is 9.97 Å². The molecule has 3 rings (SSSR count). The van der Waals surface area contributed by atoms with Gasteiger partial charge in [0.15, 0.2) is 0 Å². The van der Waals surface area contributed by atoms with Crippen molar-refractivity contribution < 1.29 is 5.11 Å². The maximum Gasteiger partial charge on any atom is 0.225 e. The summed E-state index contributed by atoms with van der Waals surface area (Å²) < 4.78 is 1.06. The Morgan fingerprint density at radius 2 is 1.75 bits per heavy atom. The van der Waals surface area contributed by atoms with E-state index in [1.165, 1.54) is 0 Å². The number of rotatable bonds is 1. The number of hydrogen-bond acceptors (Lipinski definition) is 4. The maximum atomic E-state index is 9.73. The molecule has 0 aromatic carbocycles. The summed E-state index contributed by atoms with van der Waals surface area (Å²) in [6, 6.07) is 0.877. The Balaban J connectivity index is 1.88. The molecule has 86 valence electrons. The standard InChI is InChI=1S/C11H14IN3O/c12-7-5-13-11(14-6-7)15-8-1-2-9(15)4-10(16)3-8/h5-6,8-10,16H,1-4H2. The number of aliphatic hydroxyl groups excluding tert-OH is 1. The second kappa shape index (κ2) is 4.10. The minimum atomic E-state index is -0.127. The first-order valence-corrected chi connectivity index (χ1v) is 6.76. The van der Waals surface area contributed by atoms with Crippen molar-refractivity contribution in [2.24, 2.45) is 0 Å². The van der Waals surface area contributed by atoms with Gasteiger partial charge >= 0.3 is 0 Å². The number of halogens is 1. The largest absolute Gasteiger partial charge is 0.393 e. The summed E-state index contributed by atoms with van der Waals surface area (Å²) in [6.07, 6.45) is 7.64. The highest BCUT2D eigenvalue weighted by molar-refractivity contribution is 14.1. The van der Waals surface area contributed by atoms with Crippen molar-refractivity contribution in [3.63, 3.8) is 0 Å². The molecule has 4 nitrogen and oxygen atoms in total. The van der Waals surface area contributed by atoms with E-state index in [4.69, 9.17) is 0 Å². The van der Waals surface area contributed by atoms with Crippen molar-refractivity contribution in [3.8, 4) is 0 Å². The first-order valence-electron chi connectivity index (χ1n) is 5.68. The van der Waals surface area contributed by atoms with Crippen molar-refractivity contribution in [1.29, 1.82) is 0 Å². The number of piperidine rings is 1.